The summed E-state index contributed by atoms with van der Waals surface area (Å²) in [6, 6.07) is 9.07. The zero-order chi connectivity index (χ0) is 16.5. The molecule has 0 saturated carbocycles. The lowest BCUT2D eigenvalue weighted by Gasteiger charge is -2.24. The van der Waals surface area contributed by atoms with Crippen molar-refractivity contribution in [3.8, 4) is 6.07 Å². The second-order valence-electron chi connectivity index (χ2n) is 5.07. The van der Waals surface area contributed by atoms with Gasteiger partial charge in [-0.25, -0.2) is 0 Å². The number of nitrogens with one attached hydrogen (secondary N) is 1. The van der Waals surface area contributed by atoms with E-state index in [-0.39, 0.29) is 17.9 Å². The molecule has 1 aromatic rings. The summed E-state index contributed by atoms with van der Waals surface area (Å²) in [5, 5.41) is 11.2. The van der Waals surface area contributed by atoms with Gasteiger partial charge in [-0.1, -0.05) is 12.1 Å². The topological polar surface area (TPSA) is 73.2 Å². The third-order valence-corrected chi connectivity index (χ3v) is 3.19. The Hall–Kier alpha value is -2.61. The molecule has 0 spiro atoms. The molecule has 0 aliphatic carbocycles. The van der Waals surface area contributed by atoms with Gasteiger partial charge >= 0.3 is 0 Å². The highest BCUT2D eigenvalue weighted by Crippen LogP contribution is 2.08. The van der Waals surface area contributed by atoms with Gasteiger partial charge < -0.3 is 10.2 Å². The van der Waals surface area contributed by atoms with Crippen molar-refractivity contribution in [1.29, 1.82) is 5.26 Å². The van der Waals surface area contributed by atoms with Crippen molar-refractivity contribution in [1.82, 2.24) is 10.2 Å². The molecular weight excluding hydrogens is 278 g/mol. The van der Waals surface area contributed by atoms with Gasteiger partial charge in [-0.3, -0.25) is 9.59 Å². The van der Waals surface area contributed by atoms with Crippen molar-refractivity contribution in [2.45, 2.75) is 26.3 Å². The Bertz CT molecular complexity index is 583. The summed E-state index contributed by atoms with van der Waals surface area (Å²) in [7, 11) is 1.58. The lowest BCUT2D eigenvalue weighted by atomic mass is 10.1. The van der Waals surface area contributed by atoms with Crippen molar-refractivity contribution >= 4 is 17.9 Å². The predicted octanol–water partition coefficient (Wildman–Crippen LogP) is 2.21. The van der Waals surface area contributed by atoms with Crippen LogP contribution in [0.5, 0.6) is 0 Å². The van der Waals surface area contributed by atoms with Crippen molar-refractivity contribution in [2.75, 3.05) is 13.6 Å². The van der Waals surface area contributed by atoms with E-state index in [1.807, 2.05) is 19.9 Å². The molecule has 0 fully saturated rings. The minimum Gasteiger partial charge on any atom is -0.355 e. The molecule has 1 rings (SSSR count). The van der Waals surface area contributed by atoms with Crippen LogP contribution in [-0.2, 0) is 4.79 Å². The van der Waals surface area contributed by atoms with Gasteiger partial charge in [-0.05, 0) is 37.6 Å². The van der Waals surface area contributed by atoms with Crippen LogP contribution in [0.15, 0.2) is 30.3 Å². The minimum absolute atomic E-state index is 0.0427. The maximum absolute atomic E-state index is 12.2. The SMILES string of the molecule is CNC(=O)c1ccc(C=CC(=O)N(CCC#N)C(C)C)cc1. The number of rotatable bonds is 6. The summed E-state index contributed by atoms with van der Waals surface area (Å²) in [5.74, 6) is -0.269. The molecule has 0 bridgehead atoms. The van der Waals surface area contributed by atoms with Gasteiger partial charge in [0, 0.05) is 31.3 Å². The van der Waals surface area contributed by atoms with Crippen LogP contribution < -0.4 is 5.32 Å². The lowest BCUT2D eigenvalue weighted by molar-refractivity contribution is -0.127. The maximum atomic E-state index is 12.2. The number of amides is 2. The second-order valence-corrected chi connectivity index (χ2v) is 5.07. The molecule has 22 heavy (non-hydrogen) atoms. The van der Waals surface area contributed by atoms with Gasteiger partial charge in [0.15, 0.2) is 0 Å². The minimum atomic E-state index is -0.144. The molecule has 0 aromatic heterocycles. The highest BCUT2D eigenvalue weighted by Gasteiger charge is 2.13. The Kier molecular flexibility index (Phi) is 6.84. The van der Waals surface area contributed by atoms with Crippen LogP contribution in [-0.4, -0.2) is 36.3 Å². The summed E-state index contributed by atoms with van der Waals surface area (Å²) >= 11 is 0. The van der Waals surface area contributed by atoms with Gasteiger partial charge in [-0.15, -0.1) is 0 Å². The smallest absolute Gasteiger partial charge is 0.251 e. The van der Waals surface area contributed by atoms with Gasteiger partial charge in [0.25, 0.3) is 5.91 Å². The molecule has 5 heteroatoms. The van der Waals surface area contributed by atoms with Crippen LogP contribution in [0.25, 0.3) is 6.08 Å². The first kappa shape index (κ1) is 17.4. The van der Waals surface area contributed by atoms with E-state index >= 15 is 0 Å². The highest BCUT2D eigenvalue weighted by molar-refractivity contribution is 5.94. The van der Waals surface area contributed by atoms with Gasteiger partial charge in [0.1, 0.15) is 0 Å². The molecule has 0 aliphatic heterocycles. The molecule has 0 unspecified atom stereocenters. The Balaban J connectivity index is 2.75. The first-order valence-electron chi connectivity index (χ1n) is 7.17. The van der Waals surface area contributed by atoms with E-state index in [1.54, 1.807) is 42.3 Å². The number of carbonyl (C=O) groups excluding carboxylic acids is 2. The van der Waals surface area contributed by atoms with Crippen LogP contribution >= 0.6 is 0 Å². The average Bonchev–Trinajstić information content (AvgIpc) is 2.52. The van der Waals surface area contributed by atoms with E-state index < -0.39 is 0 Å². The van der Waals surface area contributed by atoms with E-state index in [2.05, 4.69) is 5.32 Å². The molecular formula is C17H21N3O2. The zero-order valence-corrected chi connectivity index (χ0v) is 13.2. The molecule has 0 radical (unpaired) electrons. The monoisotopic (exact) mass is 299 g/mol. The Morgan fingerprint density at radius 3 is 2.45 bits per heavy atom. The molecule has 1 aromatic carbocycles. The van der Waals surface area contributed by atoms with Crippen LogP contribution in [0, 0.1) is 11.3 Å². The Labute approximate surface area is 131 Å². The van der Waals surface area contributed by atoms with Crippen molar-refractivity contribution in [2.24, 2.45) is 0 Å². The summed E-state index contributed by atoms with van der Waals surface area (Å²) in [6.07, 6.45) is 3.52. The molecule has 2 amide bonds. The van der Waals surface area contributed by atoms with E-state index in [1.165, 1.54) is 6.08 Å². The van der Waals surface area contributed by atoms with E-state index in [4.69, 9.17) is 5.26 Å². The van der Waals surface area contributed by atoms with Crippen LogP contribution in [0.2, 0.25) is 0 Å². The zero-order valence-electron chi connectivity index (χ0n) is 13.2. The molecule has 1 N–H and O–H groups in total. The normalized spacial score (nSPS) is 10.5. The van der Waals surface area contributed by atoms with Crippen LogP contribution in [0.3, 0.4) is 0 Å². The fourth-order valence-electron chi connectivity index (χ4n) is 1.95. The van der Waals surface area contributed by atoms with Gasteiger partial charge in [0.2, 0.25) is 5.91 Å². The lowest BCUT2D eigenvalue weighted by Crippen LogP contribution is -2.36. The third-order valence-electron chi connectivity index (χ3n) is 3.19. The number of carbonyl (C=O) groups is 2. The van der Waals surface area contributed by atoms with Gasteiger partial charge in [-0.2, -0.15) is 5.26 Å². The number of benzene rings is 1. The molecule has 0 aliphatic rings. The second kappa shape index (κ2) is 8.63. The summed E-state index contributed by atoms with van der Waals surface area (Å²) in [6.45, 7) is 4.26. The Morgan fingerprint density at radius 2 is 1.95 bits per heavy atom. The standard InChI is InChI=1S/C17H21N3O2/c1-13(2)20(12-4-11-18)16(21)10-7-14-5-8-15(9-6-14)17(22)19-3/h5-10,13H,4,12H2,1-3H3,(H,19,22). The quantitative estimate of drug-likeness (QED) is 0.818. The van der Waals surface area contributed by atoms with Gasteiger partial charge in [0.05, 0.1) is 12.5 Å². The van der Waals surface area contributed by atoms with Crippen molar-refractivity contribution in [3.05, 3.63) is 41.5 Å². The average molecular weight is 299 g/mol. The van der Waals surface area contributed by atoms with Crippen molar-refractivity contribution in [3.63, 3.8) is 0 Å². The fraction of sp³-hybridized carbons (Fsp3) is 0.353. The number of nitrogens with zero attached hydrogens (tertiary/aromatic N) is 2. The number of hydrogen-bond donors (Lipinski definition) is 1. The summed E-state index contributed by atoms with van der Waals surface area (Å²) in [5.41, 5.74) is 1.41. The largest absolute Gasteiger partial charge is 0.355 e. The maximum Gasteiger partial charge on any atom is 0.251 e. The molecule has 0 atom stereocenters. The highest BCUT2D eigenvalue weighted by atomic mass is 16.2. The molecule has 0 saturated heterocycles. The molecule has 0 heterocycles. The third kappa shape index (κ3) is 5.06. The van der Waals surface area contributed by atoms with Crippen LogP contribution in [0.4, 0.5) is 0 Å². The Morgan fingerprint density at radius 1 is 1.32 bits per heavy atom. The van der Waals surface area contributed by atoms with E-state index in [0.717, 1.165) is 5.56 Å². The number of hydrogen-bond acceptors (Lipinski definition) is 3. The first-order valence-corrected chi connectivity index (χ1v) is 7.17. The van der Waals surface area contributed by atoms with E-state index in [0.29, 0.717) is 18.5 Å². The fourth-order valence-corrected chi connectivity index (χ4v) is 1.95. The van der Waals surface area contributed by atoms with Crippen molar-refractivity contribution < 1.29 is 9.59 Å². The first-order chi connectivity index (χ1) is 10.5. The molecule has 116 valence electrons. The van der Waals surface area contributed by atoms with Crippen LogP contribution in [0.1, 0.15) is 36.2 Å². The predicted molar refractivity (Wildman–Crippen MR) is 85.9 cm³/mol. The summed E-state index contributed by atoms with van der Waals surface area (Å²) in [4.78, 5) is 25.2. The number of nitriles is 1. The van der Waals surface area contributed by atoms with E-state index in [9.17, 15) is 9.59 Å². The summed E-state index contributed by atoms with van der Waals surface area (Å²) < 4.78 is 0. The molecule has 5 nitrogen and oxygen atoms in total.